The van der Waals surface area contributed by atoms with Crippen LogP contribution in [-0.2, 0) is 17.0 Å². The van der Waals surface area contributed by atoms with Crippen molar-refractivity contribution in [1.82, 2.24) is 4.98 Å². The monoisotopic (exact) mass is 190 g/mol. The summed E-state index contributed by atoms with van der Waals surface area (Å²) in [6.07, 6.45) is 2.88. The maximum absolute atomic E-state index is 3.86. The zero-order chi connectivity index (χ0) is 7.56. The quantitative estimate of drug-likeness (QED) is 0.648. The number of aromatic nitrogens is 1. The van der Waals surface area contributed by atoms with Crippen molar-refractivity contribution in [3.63, 3.8) is 0 Å². The summed E-state index contributed by atoms with van der Waals surface area (Å²) in [5.41, 5.74) is 1.78. The van der Waals surface area contributed by atoms with Crippen LogP contribution in [0.2, 0.25) is 0 Å². The Hall–Kier alpha value is -0.116. The molecule has 4 heteroatoms. The fourth-order valence-corrected chi connectivity index (χ4v) is 1.36. The Morgan fingerprint density at radius 3 is 3.00 bits per heavy atom. The van der Waals surface area contributed by atoms with E-state index < -0.39 is 0 Å². The molecule has 0 radical (unpaired) electrons. The molecule has 0 bridgehead atoms. The van der Waals surface area contributed by atoms with E-state index in [0.717, 1.165) is 5.00 Å². The van der Waals surface area contributed by atoms with Gasteiger partial charge in [0, 0.05) is 0 Å². The molecule has 0 saturated carbocycles. The average molecular weight is 190 g/mol. The van der Waals surface area contributed by atoms with Gasteiger partial charge >= 0.3 is 73.2 Å². The Morgan fingerprint density at radius 1 is 1.90 bits per heavy atom. The van der Waals surface area contributed by atoms with Crippen molar-refractivity contribution >= 4 is 20.7 Å². The van der Waals surface area contributed by atoms with Crippen molar-refractivity contribution in [3.05, 3.63) is 11.7 Å². The molecule has 1 aromatic rings. The van der Waals surface area contributed by atoms with E-state index in [1.54, 1.807) is 16.8 Å². The fraction of sp³-hybridized carbons (Fsp3) is 0.333. The third kappa shape index (κ3) is 1.69. The summed E-state index contributed by atoms with van der Waals surface area (Å²) in [5.74, 6) is 0. The number of anilines is 1. The first-order valence-corrected chi connectivity index (χ1v) is 4.37. The van der Waals surface area contributed by atoms with Gasteiger partial charge in [-0.25, -0.2) is 0 Å². The second-order valence-corrected chi connectivity index (χ2v) is 3.72. The van der Waals surface area contributed by atoms with Gasteiger partial charge in [0.2, 0.25) is 0 Å². The number of hydrogen-bond donors (Lipinski definition) is 0. The third-order valence-electron chi connectivity index (χ3n) is 1.17. The first-order valence-electron chi connectivity index (χ1n) is 2.79. The van der Waals surface area contributed by atoms with Gasteiger partial charge in [-0.1, -0.05) is 0 Å². The van der Waals surface area contributed by atoms with Gasteiger partial charge in [-0.05, 0) is 0 Å². The van der Waals surface area contributed by atoms with E-state index >= 15 is 0 Å². The Morgan fingerprint density at radius 2 is 2.60 bits per heavy atom. The Kier molecular flexibility index (Phi) is 2.66. The summed E-state index contributed by atoms with van der Waals surface area (Å²) in [6, 6.07) is 0. The van der Waals surface area contributed by atoms with E-state index in [0.29, 0.717) is 0 Å². The Labute approximate surface area is 73.4 Å². The van der Waals surface area contributed by atoms with Crippen molar-refractivity contribution in [3.8, 4) is 0 Å². The molecule has 0 spiro atoms. The molecule has 0 aromatic carbocycles. The van der Waals surface area contributed by atoms with Crippen LogP contribution in [0.3, 0.4) is 0 Å². The SMILES string of the molecule is C[C](=[V])N(C)c1[c-]ncs1. The molecule has 0 saturated heterocycles. The standard InChI is InChI=1S/C6H7N2S.V/c1-3-8(2)6-4-7-5-9-6;/h5H,1-2H3;/q-1;. The van der Waals surface area contributed by atoms with Crippen LogP contribution in [-0.4, -0.2) is 16.4 Å². The molecule has 0 amide bonds. The van der Waals surface area contributed by atoms with Crippen molar-refractivity contribution in [2.75, 3.05) is 11.9 Å². The Bertz CT molecular complexity index is 220. The van der Waals surface area contributed by atoms with Gasteiger partial charge in [-0.3, -0.25) is 0 Å². The second-order valence-electron chi connectivity index (χ2n) is 1.88. The van der Waals surface area contributed by atoms with E-state index in [2.05, 4.69) is 28.2 Å². The topological polar surface area (TPSA) is 16.1 Å². The van der Waals surface area contributed by atoms with Crippen LogP contribution in [0.1, 0.15) is 6.92 Å². The van der Waals surface area contributed by atoms with Gasteiger partial charge in [0.1, 0.15) is 0 Å². The van der Waals surface area contributed by atoms with E-state index in [1.165, 1.54) is 4.35 Å². The van der Waals surface area contributed by atoms with Crippen LogP contribution in [0.25, 0.3) is 0 Å². The number of nitrogens with zero attached hydrogens (tertiary/aromatic N) is 2. The van der Waals surface area contributed by atoms with Crippen LogP contribution >= 0.6 is 11.3 Å². The predicted octanol–water partition coefficient (Wildman–Crippen LogP) is 1.08. The molecule has 0 N–H and O–H groups in total. The number of thiazole rings is 1. The van der Waals surface area contributed by atoms with Crippen LogP contribution in [0.5, 0.6) is 0 Å². The molecular weight excluding hydrogens is 183 g/mol. The third-order valence-corrected chi connectivity index (χ3v) is 2.43. The molecule has 10 heavy (non-hydrogen) atoms. The van der Waals surface area contributed by atoms with E-state index in [1.807, 2.05) is 18.9 Å². The summed E-state index contributed by atoms with van der Waals surface area (Å²) in [4.78, 5) is 5.90. The van der Waals surface area contributed by atoms with Gasteiger partial charge in [0.05, 0.1) is 0 Å². The predicted molar refractivity (Wildman–Crippen MR) is 40.0 cm³/mol. The molecular formula is C6H7N2SV-. The van der Waals surface area contributed by atoms with Crippen LogP contribution in [0.4, 0.5) is 5.00 Å². The van der Waals surface area contributed by atoms with Crippen molar-refractivity contribution in [2.24, 2.45) is 0 Å². The zero-order valence-electron chi connectivity index (χ0n) is 5.83. The first kappa shape index (κ1) is 7.99. The summed E-state index contributed by atoms with van der Waals surface area (Å²) in [7, 11) is 2.00. The summed E-state index contributed by atoms with van der Waals surface area (Å²) in [5, 5.41) is 1.05. The number of hydrogen-bond acceptors (Lipinski definition) is 3. The maximum atomic E-state index is 3.86. The van der Waals surface area contributed by atoms with Crippen molar-refractivity contribution in [2.45, 2.75) is 6.92 Å². The molecule has 1 heterocycles. The molecule has 1 aromatic heterocycles. The van der Waals surface area contributed by atoms with Gasteiger partial charge in [0.15, 0.2) is 0 Å². The molecule has 53 valence electrons. The number of rotatable bonds is 2. The van der Waals surface area contributed by atoms with Gasteiger partial charge in [-0.15, -0.1) is 0 Å². The normalized spacial score (nSPS) is 9.30. The zero-order valence-corrected chi connectivity index (χ0v) is 8.04. The van der Waals surface area contributed by atoms with Crippen LogP contribution < -0.4 is 4.90 Å². The molecule has 0 aliphatic rings. The van der Waals surface area contributed by atoms with Crippen molar-refractivity contribution < 1.29 is 17.0 Å². The molecule has 0 unspecified atom stereocenters. The van der Waals surface area contributed by atoms with Gasteiger partial charge < -0.3 is 0 Å². The average Bonchev–Trinajstić information content (AvgIpc) is 2.36. The van der Waals surface area contributed by atoms with Gasteiger partial charge in [-0.2, -0.15) is 0 Å². The molecule has 1 rings (SSSR count). The molecule has 0 fully saturated rings. The first-order chi connectivity index (χ1) is 4.72. The molecule has 0 aliphatic carbocycles. The van der Waals surface area contributed by atoms with Crippen LogP contribution in [0, 0.1) is 6.20 Å². The molecule has 0 atom stereocenters. The molecule has 2 nitrogen and oxygen atoms in total. The minimum atomic E-state index is 1.05. The minimum absolute atomic E-state index is 1.05. The summed E-state index contributed by atoms with van der Waals surface area (Å²) < 4.78 is 1.19. The second kappa shape index (κ2) is 3.33. The fourth-order valence-electron chi connectivity index (χ4n) is 0.485. The van der Waals surface area contributed by atoms with Gasteiger partial charge in [0.25, 0.3) is 0 Å². The summed E-state index contributed by atoms with van der Waals surface area (Å²) >= 11 is 4.08. The van der Waals surface area contributed by atoms with E-state index in [9.17, 15) is 0 Å². The van der Waals surface area contributed by atoms with Crippen molar-refractivity contribution in [1.29, 1.82) is 0 Å². The van der Waals surface area contributed by atoms with Crippen LogP contribution in [0.15, 0.2) is 5.51 Å². The van der Waals surface area contributed by atoms with E-state index in [-0.39, 0.29) is 0 Å². The summed E-state index contributed by atoms with van der Waals surface area (Å²) in [6.45, 7) is 2.04. The molecule has 0 aliphatic heterocycles. The Balaban J connectivity index is 2.77. The van der Waals surface area contributed by atoms with E-state index in [4.69, 9.17) is 0 Å².